The van der Waals surface area contributed by atoms with Crippen molar-refractivity contribution in [3.8, 4) is 0 Å². The van der Waals surface area contributed by atoms with Crippen molar-refractivity contribution in [2.45, 2.75) is 23.5 Å². The summed E-state index contributed by atoms with van der Waals surface area (Å²) >= 11 is 0. The van der Waals surface area contributed by atoms with Gasteiger partial charge in [0.1, 0.15) is 0 Å². The second kappa shape index (κ2) is 3.68. The van der Waals surface area contributed by atoms with Gasteiger partial charge >= 0.3 is 18.3 Å². The van der Waals surface area contributed by atoms with Crippen molar-refractivity contribution in [3.05, 3.63) is 0 Å². The van der Waals surface area contributed by atoms with Crippen LogP contribution in [0.3, 0.4) is 0 Å². The van der Waals surface area contributed by atoms with Crippen molar-refractivity contribution in [3.63, 3.8) is 0 Å². The van der Waals surface area contributed by atoms with Gasteiger partial charge in [-0.2, -0.15) is 43.5 Å². The molecule has 0 rings (SSSR count). The molecule has 0 saturated carbocycles. The van der Waals surface area contributed by atoms with Crippen LogP contribution in [0.2, 0.25) is 0 Å². The van der Waals surface area contributed by atoms with E-state index in [1.165, 1.54) is 0 Å². The smallest absolute Gasteiger partial charge is 0.285 e. The number of halogens is 8. The first-order valence-corrected chi connectivity index (χ1v) is 4.59. The van der Waals surface area contributed by atoms with Gasteiger partial charge in [-0.05, 0) is 0 Å². The van der Waals surface area contributed by atoms with Crippen molar-refractivity contribution in [2.75, 3.05) is 0 Å². The third-order valence-corrected chi connectivity index (χ3v) is 2.46. The van der Waals surface area contributed by atoms with E-state index in [0.29, 0.717) is 0 Å². The van der Waals surface area contributed by atoms with Gasteiger partial charge in [0.25, 0.3) is 15.4 Å². The van der Waals surface area contributed by atoms with Crippen LogP contribution in [0.15, 0.2) is 0 Å². The first-order valence-electron chi connectivity index (χ1n) is 3.09. The molecule has 0 spiro atoms. The Morgan fingerprint density at radius 2 is 1.19 bits per heavy atom. The minimum absolute atomic E-state index is 5.24. The quantitative estimate of drug-likeness (QED) is 0.622. The molecule has 1 N–H and O–H groups in total. The van der Waals surface area contributed by atoms with Crippen LogP contribution in [0.5, 0.6) is 0 Å². The Morgan fingerprint density at radius 3 is 1.25 bits per heavy atom. The maximum atomic E-state index is 12.2. The third-order valence-electron chi connectivity index (χ3n) is 1.30. The monoisotopic (exact) mass is 282 g/mol. The Balaban J connectivity index is 5.77. The van der Waals surface area contributed by atoms with E-state index < -0.39 is 33.6 Å². The SMILES string of the molecule is O=S(=O)(O)C(C(F)(F)F)C(F)(F)C(F)(F)F. The second-order valence-corrected chi connectivity index (χ2v) is 4.06. The van der Waals surface area contributed by atoms with Gasteiger partial charge in [-0.25, -0.2) is 0 Å². The maximum absolute atomic E-state index is 12.2. The highest BCUT2D eigenvalue weighted by Crippen LogP contribution is 2.46. The van der Waals surface area contributed by atoms with Crippen molar-refractivity contribution < 1.29 is 48.1 Å². The zero-order valence-electron chi connectivity index (χ0n) is 6.77. The molecule has 0 saturated heterocycles. The molecule has 0 amide bonds. The molecule has 0 heterocycles. The Labute approximate surface area is 82.8 Å². The molecule has 0 bridgehead atoms. The molecule has 0 aromatic carbocycles. The molecule has 16 heavy (non-hydrogen) atoms. The van der Waals surface area contributed by atoms with E-state index in [2.05, 4.69) is 0 Å². The summed E-state index contributed by atoms with van der Waals surface area (Å²) in [5, 5.41) is -5.24. The van der Waals surface area contributed by atoms with Gasteiger partial charge in [0.05, 0.1) is 0 Å². The summed E-state index contributed by atoms with van der Waals surface area (Å²) in [5.74, 6) is -6.64. The molecule has 3 nitrogen and oxygen atoms in total. The summed E-state index contributed by atoms with van der Waals surface area (Å²) in [6, 6.07) is 0. The normalized spacial score (nSPS) is 17.3. The molecule has 0 aromatic heterocycles. The van der Waals surface area contributed by atoms with Crippen LogP contribution < -0.4 is 0 Å². The summed E-state index contributed by atoms with van der Waals surface area (Å²) in [5.41, 5.74) is 0. The van der Waals surface area contributed by atoms with Crippen LogP contribution in [-0.2, 0) is 10.1 Å². The Kier molecular flexibility index (Phi) is 3.53. The minimum Gasteiger partial charge on any atom is -0.285 e. The molecule has 0 aliphatic rings. The zero-order valence-corrected chi connectivity index (χ0v) is 7.59. The molecule has 0 fully saturated rings. The van der Waals surface area contributed by atoms with E-state index in [-0.39, 0.29) is 0 Å². The molecule has 0 aliphatic heterocycles. The van der Waals surface area contributed by atoms with Gasteiger partial charge in [-0.3, -0.25) is 4.55 Å². The Hall–Kier alpha value is -0.650. The number of rotatable bonds is 2. The van der Waals surface area contributed by atoms with Gasteiger partial charge < -0.3 is 0 Å². The maximum Gasteiger partial charge on any atom is 0.455 e. The molecule has 98 valence electrons. The summed E-state index contributed by atoms with van der Waals surface area (Å²) in [7, 11) is -6.66. The second-order valence-electron chi connectivity index (χ2n) is 2.56. The predicted molar refractivity (Wildman–Crippen MR) is 32.4 cm³/mol. The van der Waals surface area contributed by atoms with Gasteiger partial charge in [-0.15, -0.1) is 0 Å². The van der Waals surface area contributed by atoms with Crippen LogP contribution in [0.25, 0.3) is 0 Å². The van der Waals surface area contributed by atoms with Crippen molar-refractivity contribution >= 4 is 10.1 Å². The van der Waals surface area contributed by atoms with E-state index in [0.717, 1.165) is 0 Å². The standard InChI is InChI=1S/C4H2F8O3S/c5-2(6,4(10,11)12)1(3(7,8)9)16(13,14)15/h1H,(H,13,14,15). The number of alkyl halides is 8. The highest BCUT2D eigenvalue weighted by atomic mass is 32.2. The largest absolute Gasteiger partial charge is 0.455 e. The molecule has 1 unspecified atom stereocenters. The summed E-state index contributed by atoms with van der Waals surface area (Å²) in [4.78, 5) is 0. The zero-order chi connectivity index (χ0) is 13.6. The van der Waals surface area contributed by atoms with E-state index in [9.17, 15) is 43.5 Å². The summed E-state index contributed by atoms with van der Waals surface area (Å²) < 4.78 is 122. The summed E-state index contributed by atoms with van der Waals surface area (Å²) in [6.07, 6.45) is -13.2. The molecule has 12 heteroatoms. The molecular formula is C4H2F8O3S. The number of hydrogen-bond donors (Lipinski definition) is 1. The van der Waals surface area contributed by atoms with Crippen LogP contribution >= 0.6 is 0 Å². The third kappa shape index (κ3) is 2.93. The van der Waals surface area contributed by atoms with E-state index in [4.69, 9.17) is 4.55 Å². The lowest BCUT2D eigenvalue weighted by molar-refractivity contribution is -0.310. The van der Waals surface area contributed by atoms with Gasteiger partial charge in [0.2, 0.25) is 0 Å². The molecule has 0 radical (unpaired) electrons. The lowest BCUT2D eigenvalue weighted by Gasteiger charge is -2.27. The lowest BCUT2D eigenvalue weighted by Crippen LogP contribution is -2.57. The molecule has 0 aliphatic carbocycles. The molecule has 0 aromatic rings. The topological polar surface area (TPSA) is 54.4 Å². The van der Waals surface area contributed by atoms with Crippen LogP contribution in [-0.4, -0.2) is 36.5 Å². The number of hydrogen-bond acceptors (Lipinski definition) is 2. The van der Waals surface area contributed by atoms with Gasteiger partial charge in [-0.1, -0.05) is 0 Å². The predicted octanol–water partition coefficient (Wildman–Crippen LogP) is 2.00. The first-order chi connectivity index (χ1) is 6.62. The van der Waals surface area contributed by atoms with E-state index >= 15 is 0 Å². The minimum atomic E-state index is -6.76. The van der Waals surface area contributed by atoms with Crippen LogP contribution in [0.4, 0.5) is 35.1 Å². The van der Waals surface area contributed by atoms with Crippen LogP contribution in [0, 0.1) is 0 Å². The Morgan fingerprint density at radius 1 is 0.875 bits per heavy atom. The van der Waals surface area contributed by atoms with Crippen molar-refractivity contribution in [1.29, 1.82) is 0 Å². The lowest BCUT2D eigenvalue weighted by atomic mass is 10.2. The van der Waals surface area contributed by atoms with Crippen LogP contribution in [0.1, 0.15) is 0 Å². The van der Waals surface area contributed by atoms with E-state index in [1.807, 2.05) is 0 Å². The highest BCUT2D eigenvalue weighted by molar-refractivity contribution is 7.86. The van der Waals surface area contributed by atoms with E-state index in [1.54, 1.807) is 0 Å². The molecular weight excluding hydrogens is 280 g/mol. The van der Waals surface area contributed by atoms with Gasteiger partial charge in [0.15, 0.2) is 0 Å². The van der Waals surface area contributed by atoms with Crippen molar-refractivity contribution in [1.82, 2.24) is 0 Å². The fourth-order valence-electron chi connectivity index (χ4n) is 0.710. The molecule has 1 atom stereocenters. The average molecular weight is 282 g/mol. The fraction of sp³-hybridized carbons (Fsp3) is 1.00. The first kappa shape index (κ1) is 15.3. The Bertz CT molecular complexity index is 350. The van der Waals surface area contributed by atoms with Crippen molar-refractivity contribution in [2.24, 2.45) is 0 Å². The summed E-state index contributed by atoms with van der Waals surface area (Å²) in [6.45, 7) is 0. The fourth-order valence-corrected chi connectivity index (χ4v) is 1.56. The van der Waals surface area contributed by atoms with Gasteiger partial charge in [0, 0.05) is 0 Å². The highest BCUT2D eigenvalue weighted by Gasteiger charge is 2.74. The average Bonchev–Trinajstić information content (AvgIpc) is 1.72.